The van der Waals surface area contributed by atoms with Crippen molar-refractivity contribution in [1.82, 2.24) is 0 Å². The van der Waals surface area contributed by atoms with Crippen molar-refractivity contribution in [2.75, 3.05) is 28.2 Å². The van der Waals surface area contributed by atoms with E-state index in [9.17, 15) is 4.79 Å². The highest BCUT2D eigenvalue weighted by Gasteiger charge is 2.24. The summed E-state index contributed by atoms with van der Waals surface area (Å²) < 4.78 is 0. The van der Waals surface area contributed by atoms with Gasteiger partial charge in [0.25, 0.3) is 0 Å². The first kappa shape index (κ1) is 16.6. The maximum absolute atomic E-state index is 12.4. The minimum atomic E-state index is 0.208. The van der Waals surface area contributed by atoms with E-state index in [0.717, 1.165) is 24.0 Å². The second-order valence-electron chi connectivity index (χ2n) is 6.10. The lowest BCUT2D eigenvalue weighted by Gasteiger charge is -2.21. The molecule has 0 aliphatic heterocycles. The van der Waals surface area contributed by atoms with Gasteiger partial charge in [-0.15, -0.1) is 0 Å². The van der Waals surface area contributed by atoms with Gasteiger partial charge in [0.1, 0.15) is 0 Å². The van der Waals surface area contributed by atoms with Crippen molar-refractivity contribution in [2.24, 2.45) is 5.92 Å². The molecule has 0 aromatic rings. The molecule has 3 nitrogen and oxygen atoms in total. The van der Waals surface area contributed by atoms with Crippen LogP contribution in [0.5, 0.6) is 0 Å². The Balaban J connectivity index is 2.87. The molecule has 0 saturated heterocycles. The molecule has 0 aromatic carbocycles. The minimum Gasteiger partial charge on any atom is -0.314 e. The van der Waals surface area contributed by atoms with Crippen LogP contribution in [0.4, 0.5) is 0 Å². The van der Waals surface area contributed by atoms with Crippen LogP contribution in [0.25, 0.3) is 0 Å². The number of hydrogen-bond donors (Lipinski definition) is 2. The van der Waals surface area contributed by atoms with Crippen LogP contribution in [0, 0.1) is 5.92 Å². The molecule has 110 valence electrons. The van der Waals surface area contributed by atoms with E-state index in [1.807, 2.05) is 36.7 Å². The Morgan fingerprint density at radius 2 is 1.30 bits per heavy atom. The number of nitrogens with one attached hydrogen (secondary N) is 2. The van der Waals surface area contributed by atoms with Crippen LogP contribution >= 0.6 is 0 Å². The fourth-order valence-corrected chi connectivity index (χ4v) is 2.22. The molecule has 1 saturated carbocycles. The Morgan fingerprint density at radius 1 is 0.900 bits per heavy atom. The number of carbonyl (C=O) groups excluding carboxylic acids is 1. The first-order valence-electron chi connectivity index (χ1n) is 7.29. The number of rotatable bonds is 4. The molecule has 0 spiro atoms. The summed E-state index contributed by atoms with van der Waals surface area (Å²) >= 11 is 0. The van der Waals surface area contributed by atoms with Crippen molar-refractivity contribution < 1.29 is 14.6 Å². The molecule has 2 N–H and O–H groups in total. The topological polar surface area (TPSA) is 26.0 Å². The molecule has 1 aliphatic rings. The summed E-state index contributed by atoms with van der Waals surface area (Å²) in [6.07, 6.45) is 13.8. The van der Waals surface area contributed by atoms with Crippen molar-refractivity contribution in [3.05, 3.63) is 47.9 Å². The van der Waals surface area contributed by atoms with Crippen LogP contribution in [-0.2, 0) is 4.79 Å². The maximum atomic E-state index is 12.4. The second kappa shape index (κ2) is 7.98. The first-order chi connectivity index (χ1) is 9.40. The van der Waals surface area contributed by atoms with E-state index in [1.54, 1.807) is 0 Å². The van der Waals surface area contributed by atoms with E-state index in [1.165, 1.54) is 9.80 Å². The van der Waals surface area contributed by atoms with Gasteiger partial charge in [-0.25, -0.2) is 0 Å². The van der Waals surface area contributed by atoms with Gasteiger partial charge >= 0.3 is 0 Å². The Labute approximate surface area is 122 Å². The molecule has 1 unspecified atom stereocenters. The zero-order valence-electron chi connectivity index (χ0n) is 13.4. The van der Waals surface area contributed by atoms with Gasteiger partial charge in [0, 0.05) is 11.1 Å². The van der Waals surface area contributed by atoms with Crippen LogP contribution in [0.1, 0.15) is 19.8 Å². The smallest absolute Gasteiger partial charge is 0.185 e. The molecule has 3 heteroatoms. The van der Waals surface area contributed by atoms with Gasteiger partial charge in [-0.3, -0.25) is 4.79 Å². The predicted molar refractivity (Wildman–Crippen MR) is 83.5 cm³/mol. The van der Waals surface area contributed by atoms with Crippen LogP contribution in [0.2, 0.25) is 0 Å². The van der Waals surface area contributed by atoms with Crippen LogP contribution < -0.4 is 9.80 Å². The molecule has 0 amide bonds. The number of ketones is 1. The SMILES string of the molecule is CC1C/C(=C/C=C/[NH+](C)C)C(=O)/C(=C/C=C/[NH+](C)C)C1. The fourth-order valence-electron chi connectivity index (χ4n) is 2.22. The number of quaternary nitrogens is 2. The van der Waals surface area contributed by atoms with Gasteiger partial charge < -0.3 is 9.80 Å². The zero-order valence-corrected chi connectivity index (χ0v) is 13.4. The highest BCUT2D eigenvalue weighted by molar-refractivity contribution is 6.09. The van der Waals surface area contributed by atoms with Crippen molar-refractivity contribution in [1.29, 1.82) is 0 Å². The largest absolute Gasteiger partial charge is 0.314 e. The molecule has 1 aliphatic carbocycles. The summed E-state index contributed by atoms with van der Waals surface area (Å²) in [6, 6.07) is 0. The van der Waals surface area contributed by atoms with E-state index < -0.39 is 0 Å². The number of carbonyl (C=O) groups is 1. The maximum Gasteiger partial charge on any atom is 0.185 e. The van der Waals surface area contributed by atoms with Crippen molar-refractivity contribution in [3.8, 4) is 0 Å². The van der Waals surface area contributed by atoms with Gasteiger partial charge in [0.15, 0.2) is 5.78 Å². The third kappa shape index (κ3) is 5.68. The van der Waals surface area contributed by atoms with E-state index in [0.29, 0.717) is 5.92 Å². The molecule has 1 atom stereocenters. The van der Waals surface area contributed by atoms with Crippen molar-refractivity contribution in [3.63, 3.8) is 0 Å². The van der Waals surface area contributed by atoms with E-state index in [4.69, 9.17) is 0 Å². The molecule has 1 rings (SSSR count). The zero-order chi connectivity index (χ0) is 15.1. The molecular formula is C17H28N2O+2. The molecule has 20 heavy (non-hydrogen) atoms. The van der Waals surface area contributed by atoms with Crippen molar-refractivity contribution >= 4 is 5.78 Å². The summed E-state index contributed by atoms with van der Waals surface area (Å²) in [7, 11) is 8.22. The van der Waals surface area contributed by atoms with E-state index >= 15 is 0 Å². The lowest BCUT2D eigenvalue weighted by atomic mass is 9.82. The third-order valence-electron chi connectivity index (χ3n) is 3.17. The molecular weight excluding hydrogens is 248 g/mol. The quantitative estimate of drug-likeness (QED) is 0.703. The van der Waals surface area contributed by atoms with Gasteiger partial charge in [-0.05, 0) is 43.1 Å². The highest BCUT2D eigenvalue weighted by Crippen LogP contribution is 2.29. The first-order valence-corrected chi connectivity index (χ1v) is 7.29. The van der Waals surface area contributed by atoms with E-state index in [-0.39, 0.29) is 5.78 Å². The fraction of sp³-hybridized carbons (Fsp3) is 0.471. The third-order valence-corrected chi connectivity index (χ3v) is 3.17. The lowest BCUT2D eigenvalue weighted by Crippen LogP contribution is -3.00. The summed E-state index contributed by atoms with van der Waals surface area (Å²) in [4.78, 5) is 14.9. The monoisotopic (exact) mass is 276 g/mol. The molecule has 0 bridgehead atoms. The average molecular weight is 276 g/mol. The van der Waals surface area contributed by atoms with Crippen molar-refractivity contribution in [2.45, 2.75) is 19.8 Å². The lowest BCUT2D eigenvalue weighted by molar-refractivity contribution is -0.801. The summed E-state index contributed by atoms with van der Waals surface area (Å²) in [6.45, 7) is 2.20. The van der Waals surface area contributed by atoms with Gasteiger partial charge in [0.2, 0.25) is 0 Å². The Hall–Kier alpha value is -1.45. The second-order valence-corrected chi connectivity index (χ2v) is 6.10. The number of hydrogen-bond acceptors (Lipinski definition) is 1. The molecule has 0 aromatic heterocycles. The van der Waals surface area contributed by atoms with Crippen LogP contribution in [0.15, 0.2) is 47.9 Å². The molecule has 1 fully saturated rings. The molecule has 0 heterocycles. The highest BCUT2D eigenvalue weighted by atomic mass is 16.1. The van der Waals surface area contributed by atoms with Gasteiger partial charge in [-0.1, -0.05) is 6.92 Å². The predicted octanol–water partition coefficient (Wildman–Crippen LogP) is 0.155. The Morgan fingerprint density at radius 3 is 1.65 bits per heavy atom. The Kier molecular flexibility index (Phi) is 6.62. The summed E-state index contributed by atoms with van der Waals surface area (Å²) in [5, 5.41) is 0. The standard InChI is InChI=1S/C17H26N2O/c1-14-12-15(8-6-10-18(2)3)17(20)16(13-14)9-7-11-19(4)5/h6-11,14H,12-13H2,1-5H3/p+2/b10-6+,11-7+,15-8-,16-9+. The normalized spacial score (nSPS) is 25.1. The van der Waals surface area contributed by atoms with Gasteiger partial charge in [0.05, 0.1) is 40.6 Å². The van der Waals surface area contributed by atoms with Gasteiger partial charge in [-0.2, -0.15) is 0 Å². The molecule has 0 radical (unpaired) electrons. The minimum absolute atomic E-state index is 0.208. The Bertz CT molecular complexity index is 414. The average Bonchev–Trinajstić information content (AvgIpc) is 2.33. The number of Topliss-reactive ketones (excluding diaryl/α,β-unsaturated/α-hetero) is 1. The summed E-state index contributed by atoms with van der Waals surface area (Å²) in [5.41, 5.74) is 1.86. The summed E-state index contributed by atoms with van der Waals surface area (Å²) in [5.74, 6) is 0.741. The van der Waals surface area contributed by atoms with Crippen LogP contribution in [0.3, 0.4) is 0 Å². The van der Waals surface area contributed by atoms with E-state index in [2.05, 4.69) is 35.1 Å². The van der Waals surface area contributed by atoms with Crippen LogP contribution in [-0.4, -0.2) is 34.0 Å². The number of allylic oxidation sites excluding steroid dienone is 6.